The molecule has 3 aromatic rings. The van der Waals surface area contributed by atoms with Gasteiger partial charge in [-0.2, -0.15) is 0 Å². The van der Waals surface area contributed by atoms with E-state index in [0.717, 1.165) is 76.2 Å². The van der Waals surface area contributed by atoms with Gasteiger partial charge < -0.3 is 25.7 Å². The number of rotatable bonds is 6. The van der Waals surface area contributed by atoms with E-state index in [9.17, 15) is 15.0 Å². The number of aromatic nitrogens is 4. The summed E-state index contributed by atoms with van der Waals surface area (Å²) < 4.78 is 0. The number of nitrogens with two attached hydrogens (primary N) is 1. The number of carbonyl (C=O) groups is 1. The Labute approximate surface area is 269 Å². The van der Waals surface area contributed by atoms with Crippen LogP contribution in [0.4, 0.5) is 11.5 Å². The van der Waals surface area contributed by atoms with Crippen LogP contribution in [0.5, 0.6) is 5.75 Å². The third-order valence-electron chi connectivity index (χ3n) is 13.1. The van der Waals surface area contributed by atoms with Crippen molar-refractivity contribution < 1.29 is 15.0 Å². The maximum Gasteiger partial charge on any atom is 0.306 e. The van der Waals surface area contributed by atoms with Gasteiger partial charge in [-0.25, -0.2) is 9.97 Å². The quantitative estimate of drug-likeness (QED) is 0.350. The van der Waals surface area contributed by atoms with Crippen molar-refractivity contribution in [3.8, 4) is 17.0 Å². The number of nitrogen functional groups attached to an aromatic ring is 1. The molecule has 1 spiro atoms. The van der Waals surface area contributed by atoms with Crippen molar-refractivity contribution in [1.82, 2.24) is 25.1 Å². The van der Waals surface area contributed by atoms with Gasteiger partial charge in [-0.15, -0.1) is 10.2 Å². The molecule has 4 saturated carbocycles. The van der Waals surface area contributed by atoms with Gasteiger partial charge >= 0.3 is 5.97 Å². The first-order chi connectivity index (χ1) is 22.3. The number of phenolic OH excluding ortho intramolecular Hbond substituents is 1. The van der Waals surface area contributed by atoms with Crippen LogP contribution in [-0.2, 0) is 10.2 Å². The third-order valence-corrected chi connectivity index (χ3v) is 13.1. The Balaban J connectivity index is 0.829. The Morgan fingerprint density at radius 3 is 2.46 bits per heavy atom. The van der Waals surface area contributed by atoms with E-state index in [4.69, 9.17) is 15.7 Å². The molecule has 2 aromatic heterocycles. The number of piperidine rings is 1. The van der Waals surface area contributed by atoms with Gasteiger partial charge in [0.05, 0.1) is 17.3 Å². The molecular weight excluding hydrogens is 578 g/mol. The Hall–Kier alpha value is -3.79. The summed E-state index contributed by atoms with van der Waals surface area (Å²) in [6.45, 7) is 4.11. The number of phenols is 1. The molecule has 2 aliphatic heterocycles. The fraction of sp³-hybridized carbons (Fsp3) is 0.583. The summed E-state index contributed by atoms with van der Waals surface area (Å²) in [5.41, 5.74) is 10.3. The zero-order valence-electron chi connectivity index (χ0n) is 26.3. The van der Waals surface area contributed by atoms with Crippen molar-refractivity contribution in [3.05, 3.63) is 54.1 Å². The highest BCUT2D eigenvalue weighted by Gasteiger charge is 2.63. The van der Waals surface area contributed by atoms with Gasteiger partial charge in [0.1, 0.15) is 11.6 Å². The number of nitrogens with zero attached hydrogens (tertiary/aromatic N) is 6. The summed E-state index contributed by atoms with van der Waals surface area (Å²) in [4.78, 5) is 26.4. The highest BCUT2D eigenvalue weighted by molar-refractivity contribution is 5.74. The average Bonchev–Trinajstić information content (AvgIpc) is 3.20. The molecule has 46 heavy (non-hydrogen) atoms. The Morgan fingerprint density at radius 1 is 0.957 bits per heavy atom. The molecule has 240 valence electrons. The SMILES string of the molecule is Nc1nnc(-c2ccccc2O)cc1N1CC2CC3C(C1)CC3(c1ncc(C3CCN([C@H]4CC5(C[C@H](C(=O)O)C5)C4)CC3)cn1)C2. The van der Waals surface area contributed by atoms with Crippen molar-refractivity contribution in [2.45, 2.75) is 75.2 Å². The van der Waals surface area contributed by atoms with E-state index in [1.807, 2.05) is 18.2 Å². The Bertz CT molecular complexity index is 1660. The summed E-state index contributed by atoms with van der Waals surface area (Å²) in [5.74, 6) is 3.21. The molecule has 6 fully saturated rings. The number of fused-ring (bicyclic) bond motifs is 1. The lowest BCUT2D eigenvalue weighted by molar-refractivity contribution is -0.160. The first kappa shape index (κ1) is 28.4. The monoisotopic (exact) mass is 621 g/mol. The highest BCUT2D eigenvalue weighted by atomic mass is 16.4. The zero-order chi connectivity index (χ0) is 31.2. The van der Waals surface area contributed by atoms with E-state index in [2.05, 4.69) is 32.4 Å². The van der Waals surface area contributed by atoms with Crippen LogP contribution in [0.3, 0.4) is 0 Å². The van der Waals surface area contributed by atoms with Crippen molar-refractivity contribution in [1.29, 1.82) is 0 Å². The second-order valence-electron chi connectivity index (χ2n) is 15.6. The van der Waals surface area contributed by atoms with E-state index in [1.54, 1.807) is 12.1 Å². The lowest BCUT2D eigenvalue weighted by Crippen LogP contribution is -2.58. The van der Waals surface area contributed by atoms with Crippen LogP contribution in [-0.4, -0.2) is 73.5 Å². The molecule has 4 heterocycles. The normalized spacial score (nSPS) is 35.2. The number of likely N-dealkylation sites (tertiary alicyclic amines) is 1. The summed E-state index contributed by atoms with van der Waals surface area (Å²) in [6, 6.07) is 9.86. The maximum absolute atomic E-state index is 11.2. The number of hydrogen-bond acceptors (Lipinski definition) is 9. The van der Waals surface area contributed by atoms with Crippen LogP contribution in [0.25, 0.3) is 11.3 Å². The number of anilines is 2. The predicted molar refractivity (Wildman–Crippen MR) is 173 cm³/mol. The van der Waals surface area contributed by atoms with Gasteiger partial charge in [0, 0.05) is 42.5 Å². The van der Waals surface area contributed by atoms with Gasteiger partial charge in [-0.1, -0.05) is 12.1 Å². The fourth-order valence-electron chi connectivity index (χ4n) is 10.8. The summed E-state index contributed by atoms with van der Waals surface area (Å²) in [5, 5.41) is 28.2. The van der Waals surface area contributed by atoms with Gasteiger partial charge in [0.2, 0.25) is 0 Å². The highest BCUT2D eigenvalue weighted by Crippen LogP contribution is 2.64. The molecule has 4 N–H and O–H groups in total. The van der Waals surface area contributed by atoms with Crippen molar-refractivity contribution in [2.75, 3.05) is 36.8 Å². The lowest BCUT2D eigenvalue weighted by Gasteiger charge is -2.59. The third kappa shape index (κ3) is 4.42. The van der Waals surface area contributed by atoms with E-state index in [-0.39, 0.29) is 17.1 Å². The first-order valence-electron chi connectivity index (χ1n) is 17.2. The van der Waals surface area contributed by atoms with Gasteiger partial charge in [-0.05, 0) is 124 Å². The standard InChI is InChI=1S/C36H43N7O3/c37-32-30(10-29(40-41-32)27-3-1-2-4-31(27)44)43-19-21-9-28-24(20-43)14-36(28,11-21)34-38-17-25(18-39-34)22-5-7-42(8-6-22)26-15-35(16-26)12-23(13-35)33(45)46/h1-4,10,17-18,21-24,26,28,44H,5-9,11-16,19-20H2,(H2,37,41)(H,45,46)/t21?,23-,24?,26-,28?,35?,36?. The lowest BCUT2D eigenvalue weighted by atomic mass is 9.49. The Kier molecular flexibility index (Phi) is 6.40. The maximum atomic E-state index is 11.2. The molecule has 4 unspecified atom stereocenters. The molecule has 2 bridgehead atoms. The van der Waals surface area contributed by atoms with Crippen LogP contribution in [0.15, 0.2) is 42.7 Å². The molecule has 1 aromatic carbocycles. The van der Waals surface area contributed by atoms with E-state index < -0.39 is 5.97 Å². The van der Waals surface area contributed by atoms with Crippen LogP contribution < -0.4 is 10.6 Å². The molecule has 10 nitrogen and oxygen atoms in total. The predicted octanol–water partition coefficient (Wildman–Crippen LogP) is 4.85. The molecule has 0 radical (unpaired) electrons. The Morgan fingerprint density at radius 2 is 1.72 bits per heavy atom. The second-order valence-corrected chi connectivity index (χ2v) is 15.6. The summed E-state index contributed by atoms with van der Waals surface area (Å²) >= 11 is 0. The van der Waals surface area contributed by atoms with E-state index in [0.29, 0.717) is 52.2 Å². The minimum atomic E-state index is -0.608. The number of hydrogen-bond donors (Lipinski definition) is 3. The molecule has 6 aliphatic rings. The summed E-state index contributed by atoms with van der Waals surface area (Å²) in [6.07, 6.45) is 14.2. The number of para-hydroxylation sites is 1. The molecule has 9 rings (SSSR count). The minimum absolute atomic E-state index is 0.0995. The molecule has 2 saturated heterocycles. The minimum Gasteiger partial charge on any atom is -0.507 e. The largest absolute Gasteiger partial charge is 0.507 e. The smallest absolute Gasteiger partial charge is 0.306 e. The van der Waals surface area contributed by atoms with Gasteiger partial charge in [0.15, 0.2) is 5.82 Å². The molecule has 4 atom stereocenters. The number of benzene rings is 1. The van der Waals surface area contributed by atoms with Crippen LogP contribution >= 0.6 is 0 Å². The number of carboxylic acids is 1. The average molecular weight is 622 g/mol. The molecular formula is C36H43N7O3. The van der Waals surface area contributed by atoms with E-state index in [1.165, 1.54) is 24.8 Å². The molecule has 0 amide bonds. The number of aliphatic carboxylic acids is 1. The van der Waals surface area contributed by atoms with Crippen molar-refractivity contribution in [2.24, 2.45) is 29.1 Å². The molecule has 10 heteroatoms. The number of carboxylic acid groups (broad SMARTS) is 1. The fourth-order valence-corrected chi connectivity index (χ4v) is 10.8. The molecule has 4 aliphatic carbocycles. The topological polar surface area (TPSA) is 142 Å². The zero-order valence-corrected chi connectivity index (χ0v) is 26.3. The van der Waals surface area contributed by atoms with Crippen LogP contribution in [0.1, 0.15) is 75.1 Å². The van der Waals surface area contributed by atoms with Crippen molar-refractivity contribution in [3.63, 3.8) is 0 Å². The van der Waals surface area contributed by atoms with Crippen LogP contribution in [0, 0.1) is 29.1 Å². The van der Waals surface area contributed by atoms with Gasteiger partial charge in [0.25, 0.3) is 0 Å². The second kappa shape index (κ2) is 10.4. The van der Waals surface area contributed by atoms with Gasteiger partial charge in [-0.3, -0.25) is 4.79 Å². The number of aromatic hydroxyl groups is 1. The summed E-state index contributed by atoms with van der Waals surface area (Å²) in [7, 11) is 0. The van der Waals surface area contributed by atoms with E-state index >= 15 is 0 Å². The first-order valence-corrected chi connectivity index (χ1v) is 17.2. The van der Waals surface area contributed by atoms with Crippen molar-refractivity contribution >= 4 is 17.5 Å². The van der Waals surface area contributed by atoms with Crippen LogP contribution in [0.2, 0.25) is 0 Å².